The predicted molar refractivity (Wildman–Crippen MR) is 92.8 cm³/mol. The number of anilines is 1. The molecule has 3 heterocycles. The number of likely N-dealkylation sites (N-methyl/N-ethyl adjacent to an activating group) is 1. The van der Waals surface area contributed by atoms with Crippen molar-refractivity contribution in [3.8, 4) is 0 Å². The molecule has 0 radical (unpaired) electrons. The summed E-state index contributed by atoms with van der Waals surface area (Å²) in [6.45, 7) is 2.53. The maximum Gasteiger partial charge on any atom is 0.239 e. The Labute approximate surface area is 146 Å². The van der Waals surface area contributed by atoms with E-state index < -0.39 is 9.84 Å². The molecule has 1 atom stereocenters. The Kier molecular flexibility index (Phi) is 4.91. The summed E-state index contributed by atoms with van der Waals surface area (Å²) in [7, 11) is -1.19. The molecular weight excluding hydrogens is 344 g/mol. The molecule has 9 nitrogen and oxygen atoms in total. The number of hydrogen-bond acceptors (Lipinski definition) is 6. The number of carbonyl (C=O) groups is 1. The van der Waals surface area contributed by atoms with Crippen LogP contribution in [0.2, 0.25) is 0 Å². The third-order valence-corrected chi connectivity index (χ3v) is 5.82. The Bertz CT molecular complexity index is 843. The third kappa shape index (κ3) is 4.45. The minimum Gasteiger partial charge on any atom is -0.348 e. The van der Waals surface area contributed by atoms with Crippen molar-refractivity contribution in [1.82, 2.24) is 24.6 Å². The quantitative estimate of drug-likeness (QED) is 0.762. The van der Waals surface area contributed by atoms with Crippen molar-refractivity contribution in [2.75, 3.05) is 30.4 Å². The summed E-state index contributed by atoms with van der Waals surface area (Å²) in [5.41, 5.74) is 0.739. The van der Waals surface area contributed by atoms with Gasteiger partial charge in [0.15, 0.2) is 9.84 Å². The standard InChI is InChI=1S/C15H22N6O3S/c1-11-7-14(21(19-11)12-3-6-25(23,24)10-12)18-15(22)9-20(2)8-13-16-4-5-17-13/h4-5,7,12H,3,6,8-10H2,1-2H3,(H,16,17)(H,18,22). The third-order valence-electron chi connectivity index (χ3n) is 4.07. The summed E-state index contributed by atoms with van der Waals surface area (Å²) in [6, 6.07) is 1.53. The Hall–Kier alpha value is -2.20. The van der Waals surface area contributed by atoms with Crippen molar-refractivity contribution in [1.29, 1.82) is 0 Å². The van der Waals surface area contributed by atoms with Gasteiger partial charge in [0.25, 0.3) is 0 Å². The lowest BCUT2D eigenvalue weighted by Crippen LogP contribution is -2.31. The van der Waals surface area contributed by atoms with Crippen molar-refractivity contribution in [3.63, 3.8) is 0 Å². The minimum atomic E-state index is -3.02. The van der Waals surface area contributed by atoms with Gasteiger partial charge in [-0.15, -0.1) is 0 Å². The summed E-state index contributed by atoms with van der Waals surface area (Å²) in [5, 5.41) is 7.20. The highest BCUT2D eigenvalue weighted by Crippen LogP contribution is 2.27. The summed E-state index contributed by atoms with van der Waals surface area (Å²) in [6.07, 6.45) is 3.92. The van der Waals surface area contributed by atoms with E-state index in [-0.39, 0.29) is 30.0 Å². The molecule has 3 rings (SSSR count). The molecule has 1 aliphatic heterocycles. The molecule has 136 valence electrons. The Morgan fingerprint density at radius 2 is 2.32 bits per heavy atom. The van der Waals surface area contributed by atoms with E-state index in [1.807, 2.05) is 18.9 Å². The van der Waals surface area contributed by atoms with E-state index in [0.717, 1.165) is 11.5 Å². The number of rotatable bonds is 6. The smallest absolute Gasteiger partial charge is 0.239 e. The number of nitrogens with one attached hydrogen (secondary N) is 2. The molecule has 1 unspecified atom stereocenters. The molecule has 1 fully saturated rings. The number of carbonyl (C=O) groups excluding carboxylic acids is 1. The summed E-state index contributed by atoms with van der Waals surface area (Å²) in [5.74, 6) is 1.37. The van der Waals surface area contributed by atoms with E-state index in [1.54, 1.807) is 23.1 Å². The number of aryl methyl sites for hydroxylation is 1. The van der Waals surface area contributed by atoms with Gasteiger partial charge in [-0.2, -0.15) is 5.10 Å². The van der Waals surface area contributed by atoms with Gasteiger partial charge in [0.1, 0.15) is 11.6 Å². The second-order valence-electron chi connectivity index (χ2n) is 6.43. The Morgan fingerprint density at radius 3 is 2.96 bits per heavy atom. The molecule has 2 N–H and O–H groups in total. The van der Waals surface area contributed by atoms with Crippen molar-refractivity contribution < 1.29 is 13.2 Å². The summed E-state index contributed by atoms with van der Waals surface area (Å²) >= 11 is 0. The Morgan fingerprint density at radius 1 is 1.52 bits per heavy atom. The number of aromatic nitrogens is 4. The van der Waals surface area contributed by atoms with Crippen LogP contribution in [0.3, 0.4) is 0 Å². The molecule has 0 saturated carbocycles. The summed E-state index contributed by atoms with van der Waals surface area (Å²) < 4.78 is 25.0. The normalized spacial score (nSPS) is 19.4. The topological polar surface area (TPSA) is 113 Å². The maximum absolute atomic E-state index is 12.3. The molecule has 2 aromatic heterocycles. The van der Waals surface area contributed by atoms with Gasteiger partial charge < -0.3 is 10.3 Å². The van der Waals surface area contributed by atoms with Gasteiger partial charge >= 0.3 is 0 Å². The van der Waals surface area contributed by atoms with Gasteiger partial charge in [0, 0.05) is 18.5 Å². The number of hydrogen-bond donors (Lipinski definition) is 2. The van der Waals surface area contributed by atoms with Crippen LogP contribution in [0.25, 0.3) is 0 Å². The first-order chi connectivity index (χ1) is 11.8. The number of imidazole rings is 1. The van der Waals surface area contributed by atoms with E-state index in [9.17, 15) is 13.2 Å². The van der Waals surface area contributed by atoms with Crippen molar-refractivity contribution in [2.24, 2.45) is 0 Å². The zero-order chi connectivity index (χ0) is 18.0. The molecule has 2 aromatic rings. The zero-order valence-electron chi connectivity index (χ0n) is 14.3. The van der Waals surface area contributed by atoms with Crippen LogP contribution in [-0.2, 0) is 21.2 Å². The first kappa shape index (κ1) is 17.6. The molecule has 10 heteroatoms. The number of nitrogens with zero attached hydrogens (tertiary/aromatic N) is 4. The molecule has 0 bridgehead atoms. The first-order valence-electron chi connectivity index (χ1n) is 8.05. The van der Waals surface area contributed by atoms with Gasteiger partial charge in [-0.3, -0.25) is 9.69 Å². The molecule has 25 heavy (non-hydrogen) atoms. The van der Waals surface area contributed by atoms with Crippen LogP contribution in [-0.4, -0.2) is 64.1 Å². The lowest BCUT2D eigenvalue weighted by atomic mass is 10.3. The first-order valence-corrected chi connectivity index (χ1v) is 9.88. The Balaban J connectivity index is 1.63. The fourth-order valence-corrected chi connectivity index (χ4v) is 4.67. The SMILES string of the molecule is Cc1cc(NC(=O)CN(C)Cc2ncc[nH]2)n(C2CCS(=O)(=O)C2)n1. The van der Waals surface area contributed by atoms with Crippen LogP contribution >= 0.6 is 0 Å². The van der Waals surface area contributed by atoms with Crippen LogP contribution in [0, 0.1) is 6.92 Å². The average Bonchev–Trinajstić information content (AvgIpc) is 3.20. The average molecular weight is 366 g/mol. The van der Waals surface area contributed by atoms with Gasteiger partial charge in [-0.05, 0) is 20.4 Å². The largest absolute Gasteiger partial charge is 0.348 e. The molecule has 1 saturated heterocycles. The lowest BCUT2D eigenvalue weighted by molar-refractivity contribution is -0.117. The minimum absolute atomic E-state index is 0.0649. The van der Waals surface area contributed by atoms with Crippen molar-refractivity contribution >= 4 is 21.6 Å². The van der Waals surface area contributed by atoms with Crippen molar-refractivity contribution in [2.45, 2.75) is 25.9 Å². The molecule has 1 aliphatic rings. The molecule has 0 aromatic carbocycles. The fraction of sp³-hybridized carbons (Fsp3) is 0.533. The maximum atomic E-state index is 12.3. The predicted octanol–water partition coefficient (Wildman–Crippen LogP) is 0.345. The van der Waals surface area contributed by atoms with Gasteiger partial charge in [0.2, 0.25) is 5.91 Å². The highest BCUT2D eigenvalue weighted by Gasteiger charge is 2.31. The van der Waals surface area contributed by atoms with Gasteiger partial charge in [-0.1, -0.05) is 0 Å². The van der Waals surface area contributed by atoms with Crippen LogP contribution in [0.15, 0.2) is 18.5 Å². The van der Waals surface area contributed by atoms with Gasteiger partial charge in [0.05, 0.1) is 36.3 Å². The fourth-order valence-electron chi connectivity index (χ4n) is 2.98. The second kappa shape index (κ2) is 6.96. The number of amides is 1. The summed E-state index contributed by atoms with van der Waals surface area (Å²) in [4.78, 5) is 21.3. The number of sulfone groups is 1. The highest BCUT2D eigenvalue weighted by atomic mass is 32.2. The van der Waals surface area contributed by atoms with E-state index in [1.165, 1.54) is 0 Å². The number of H-pyrrole nitrogens is 1. The van der Waals surface area contributed by atoms with Crippen LogP contribution in [0.1, 0.15) is 24.0 Å². The van der Waals surface area contributed by atoms with E-state index in [0.29, 0.717) is 18.8 Å². The van der Waals surface area contributed by atoms with E-state index >= 15 is 0 Å². The lowest BCUT2D eigenvalue weighted by Gasteiger charge is -2.17. The molecule has 1 amide bonds. The number of aromatic amines is 1. The molecular formula is C15H22N6O3S. The zero-order valence-corrected chi connectivity index (χ0v) is 15.1. The van der Waals surface area contributed by atoms with Crippen LogP contribution in [0.4, 0.5) is 5.82 Å². The van der Waals surface area contributed by atoms with Gasteiger partial charge in [-0.25, -0.2) is 18.1 Å². The van der Waals surface area contributed by atoms with Crippen molar-refractivity contribution in [3.05, 3.63) is 30.0 Å². The molecule has 0 aliphatic carbocycles. The highest BCUT2D eigenvalue weighted by molar-refractivity contribution is 7.91. The van der Waals surface area contributed by atoms with Crippen LogP contribution < -0.4 is 5.32 Å². The van der Waals surface area contributed by atoms with E-state index in [4.69, 9.17) is 0 Å². The molecule has 0 spiro atoms. The second-order valence-corrected chi connectivity index (χ2v) is 8.66. The van der Waals surface area contributed by atoms with E-state index in [2.05, 4.69) is 20.4 Å². The monoisotopic (exact) mass is 366 g/mol. The van der Waals surface area contributed by atoms with Crippen LogP contribution in [0.5, 0.6) is 0 Å².